The highest BCUT2D eigenvalue weighted by atomic mass is 32.2. The molecule has 1 aliphatic heterocycles. The van der Waals surface area contributed by atoms with E-state index in [1.54, 1.807) is 13.0 Å². The predicted octanol–water partition coefficient (Wildman–Crippen LogP) is 2.20. The van der Waals surface area contributed by atoms with Crippen LogP contribution in [0.1, 0.15) is 22.8 Å². The van der Waals surface area contributed by atoms with Gasteiger partial charge in [0.25, 0.3) is 15.9 Å². The number of fused-ring (bicyclic) bond motifs is 1. The molecule has 7 heteroatoms. The van der Waals surface area contributed by atoms with E-state index in [4.69, 9.17) is 4.74 Å². The molecule has 0 saturated carbocycles. The van der Waals surface area contributed by atoms with Crippen LogP contribution in [0.25, 0.3) is 0 Å². The molecule has 1 aliphatic rings. The molecule has 0 aliphatic carbocycles. The van der Waals surface area contributed by atoms with Crippen LogP contribution in [0, 0.1) is 0 Å². The number of nitrogens with one attached hydrogen (secondary N) is 1. The summed E-state index contributed by atoms with van der Waals surface area (Å²) in [7, 11) is -2.30. The maximum Gasteiger partial charge on any atom is 0.264 e. The maximum absolute atomic E-state index is 13.1. The molecule has 6 nitrogen and oxygen atoms in total. The third-order valence-electron chi connectivity index (χ3n) is 4.19. The van der Waals surface area contributed by atoms with Gasteiger partial charge in [-0.15, -0.1) is 0 Å². The topological polar surface area (TPSA) is 75.7 Å². The van der Waals surface area contributed by atoms with E-state index in [1.807, 2.05) is 18.2 Å². The Kier molecular flexibility index (Phi) is 4.67. The summed E-state index contributed by atoms with van der Waals surface area (Å²) < 4.78 is 32.8. The van der Waals surface area contributed by atoms with Gasteiger partial charge in [-0.25, -0.2) is 8.42 Å². The van der Waals surface area contributed by atoms with Crippen molar-refractivity contribution in [1.29, 1.82) is 0 Å². The molecule has 0 fully saturated rings. The van der Waals surface area contributed by atoms with Gasteiger partial charge >= 0.3 is 0 Å². The van der Waals surface area contributed by atoms with Crippen LogP contribution < -0.4 is 14.4 Å². The smallest absolute Gasteiger partial charge is 0.264 e. The molecule has 2 aromatic rings. The van der Waals surface area contributed by atoms with Gasteiger partial charge in [0, 0.05) is 13.1 Å². The van der Waals surface area contributed by atoms with E-state index in [0.29, 0.717) is 30.9 Å². The third-order valence-corrected chi connectivity index (χ3v) is 5.99. The molecule has 0 saturated heterocycles. The van der Waals surface area contributed by atoms with Crippen molar-refractivity contribution in [3.63, 3.8) is 0 Å². The Morgan fingerprint density at radius 1 is 1.24 bits per heavy atom. The fourth-order valence-electron chi connectivity index (χ4n) is 2.97. The van der Waals surface area contributed by atoms with E-state index in [2.05, 4.69) is 5.32 Å². The quantitative estimate of drug-likeness (QED) is 0.887. The number of nitrogens with zero attached hydrogens (tertiary/aromatic N) is 1. The summed E-state index contributed by atoms with van der Waals surface area (Å²) in [5.74, 6) is -0.0232. The Bertz CT molecular complexity index is 909. The zero-order valence-corrected chi connectivity index (χ0v) is 15.0. The molecule has 0 unspecified atom stereocenters. The molecular weight excluding hydrogens is 340 g/mol. The summed E-state index contributed by atoms with van der Waals surface area (Å²) >= 11 is 0. The number of carbonyl (C=O) groups excluding carboxylic acids is 1. The van der Waals surface area contributed by atoms with Gasteiger partial charge in [0.15, 0.2) is 0 Å². The van der Waals surface area contributed by atoms with Crippen LogP contribution in [0.3, 0.4) is 0 Å². The first-order chi connectivity index (χ1) is 12.0. The van der Waals surface area contributed by atoms with Crippen LogP contribution in [0.4, 0.5) is 5.69 Å². The molecular formula is C18H20N2O4S. The molecule has 1 amide bonds. The second kappa shape index (κ2) is 6.76. The highest BCUT2D eigenvalue weighted by molar-refractivity contribution is 7.92. The summed E-state index contributed by atoms with van der Waals surface area (Å²) in [5, 5.41) is 2.67. The number of benzene rings is 2. The monoisotopic (exact) mass is 360 g/mol. The Hall–Kier alpha value is -2.54. The average Bonchev–Trinajstić information content (AvgIpc) is 3.06. The third kappa shape index (κ3) is 3.07. The zero-order chi connectivity index (χ0) is 18.0. The van der Waals surface area contributed by atoms with Crippen LogP contribution >= 0.6 is 0 Å². The van der Waals surface area contributed by atoms with E-state index >= 15 is 0 Å². The van der Waals surface area contributed by atoms with Crippen molar-refractivity contribution in [3.8, 4) is 5.75 Å². The molecule has 132 valence electrons. The van der Waals surface area contributed by atoms with Crippen LogP contribution in [0.2, 0.25) is 0 Å². The average molecular weight is 360 g/mol. The van der Waals surface area contributed by atoms with Crippen molar-refractivity contribution in [3.05, 3.63) is 53.6 Å². The molecule has 3 rings (SSSR count). The Balaban J connectivity index is 2.04. The minimum atomic E-state index is -3.75. The van der Waals surface area contributed by atoms with Crippen LogP contribution in [0.5, 0.6) is 5.75 Å². The lowest BCUT2D eigenvalue weighted by Crippen LogP contribution is -2.30. The first-order valence-corrected chi connectivity index (χ1v) is 9.50. The molecule has 1 heterocycles. The van der Waals surface area contributed by atoms with Crippen LogP contribution in [0.15, 0.2) is 47.4 Å². The van der Waals surface area contributed by atoms with Gasteiger partial charge in [0.05, 0.1) is 23.3 Å². The van der Waals surface area contributed by atoms with Gasteiger partial charge in [0.1, 0.15) is 5.75 Å². The summed E-state index contributed by atoms with van der Waals surface area (Å²) in [6.07, 6.45) is 0.675. The van der Waals surface area contributed by atoms with Crippen molar-refractivity contribution < 1.29 is 17.9 Å². The van der Waals surface area contributed by atoms with Crippen LogP contribution in [-0.4, -0.2) is 34.5 Å². The van der Waals surface area contributed by atoms with Crippen molar-refractivity contribution in [1.82, 2.24) is 5.32 Å². The van der Waals surface area contributed by atoms with Crippen molar-refractivity contribution in [2.24, 2.45) is 0 Å². The summed E-state index contributed by atoms with van der Waals surface area (Å²) in [6.45, 7) is 2.63. The highest BCUT2D eigenvalue weighted by Crippen LogP contribution is 2.33. The second-order valence-electron chi connectivity index (χ2n) is 5.68. The number of para-hydroxylation sites is 1. The maximum atomic E-state index is 13.1. The van der Waals surface area contributed by atoms with E-state index in [-0.39, 0.29) is 16.4 Å². The molecule has 0 aromatic heterocycles. The number of sulfonamides is 1. The van der Waals surface area contributed by atoms with E-state index in [1.165, 1.54) is 29.6 Å². The van der Waals surface area contributed by atoms with Gasteiger partial charge in [-0.3, -0.25) is 9.10 Å². The first kappa shape index (κ1) is 17.3. The summed E-state index contributed by atoms with van der Waals surface area (Å²) in [6, 6.07) is 11.8. The van der Waals surface area contributed by atoms with Gasteiger partial charge in [-0.2, -0.15) is 0 Å². The standard InChI is InChI=1S/C18H20N2O4S/c1-3-19-18(21)15-12-14(8-9-17(15)24-2)25(22,23)20-11-10-13-6-4-5-7-16(13)20/h4-9,12H,3,10-11H2,1-2H3,(H,19,21). The van der Waals surface area contributed by atoms with E-state index in [0.717, 1.165) is 5.56 Å². The molecule has 1 N–H and O–H groups in total. The molecule has 25 heavy (non-hydrogen) atoms. The Morgan fingerprint density at radius 2 is 2.00 bits per heavy atom. The minimum Gasteiger partial charge on any atom is -0.496 e. The number of rotatable bonds is 5. The Labute approximate surface area is 147 Å². The number of methoxy groups -OCH3 is 1. The number of carbonyl (C=O) groups is 1. The molecule has 0 spiro atoms. The summed E-state index contributed by atoms with van der Waals surface area (Å²) in [5.41, 5.74) is 1.90. The largest absolute Gasteiger partial charge is 0.496 e. The predicted molar refractivity (Wildman–Crippen MR) is 95.7 cm³/mol. The van der Waals surface area contributed by atoms with Gasteiger partial charge in [0.2, 0.25) is 0 Å². The fourth-order valence-corrected chi connectivity index (χ4v) is 4.50. The molecule has 0 bridgehead atoms. The SMILES string of the molecule is CCNC(=O)c1cc(S(=O)(=O)N2CCc3ccccc32)ccc1OC. The number of hydrogen-bond donors (Lipinski definition) is 1. The molecule has 0 atom stereocenters. The van der Waals surface area contributed by atoms with E-state index in [9.17, 15) is 13.2 Å². The van der Waals surface area contributed by atoms with Crippen LogP contribution in [-0.2, 0) is 16.4 Å². The van der Waals surface area contributed by atoms with Crippen molar-refractivity contribution in [2.45, 2.75) is 18.2 Å². The van der Waals surface area contributed by atoms with Gasteiger partial charge < -0.3 is 10.1 Å². The second-order valence-corrected chi connectivity index (χ2v) is 7.54. The lowest BCUT2D eigenvalue weighted by molar-refractivity contribution is 0.0952. The number of anilines is 1. The molecule has 2 aromatic carbocycles. The number of amides is 1. The van der Waals surface area contributed by atoms with Gasteiger partial charge in [-0.05, 0) is 43.2 Å². The van der Waals surface area contributed by atoms with Crippen molar-refractivity contribution >= 4 is 21.6 Å². The number of ether oxygens (including phenoxy) is 1. The van der Waals surface area contributed by atoms with Crippen molar-refractivity contribution in [2.75, 3.05) is 24.5 Å². The lowest BCUT2D eigenvalue weighted by atomic mass is 10.2. The fraction of sp³-hybridized carbons (Fsp3) is 0.278. The zero-order valence-electron chi connectivity index (χ0n) is 14.2. The first-order valence-electron chi connectivity index (χ1n) is 8.06. The van der Waals surface area contributed by atoms with E-state index < -0.39 is 10.0 Å². The minimum absolute atomic E-state index is 0.0752. The molecule has 0 radical (unpaired) electrons. The highest BCUT2D eigenvalue weighted by Gasteiger charge is 2.31. The Morgan fingerprint density at radius 3 is 2.72 bits per heavy atom. The van der Waals surface area contributed by atoms with Gasteiger partial charge in [-0.1, -0.05) is 18.2 Å². The number of hydrogen-bond acceptors (Lipinski definition) is 4. The lowest BCUT2D eigenvalue weighted by Gasteiger charge is -2.20. The normalized spacial score (nSPS) is 13.4. The summed E-state index contributed by atoms with van der Waals surface area (Å²) in [4.78, 5) is 12.3.